The van der Waals surface area contributed by atoms with Crippen LogP contribution >= 0.6 is 0 Å². The third-order valence-corrected chi connectivity index (χ3v) is 4.11. The molecule has 1 aromatic carbocycles. The summed E-state index contributed by atoms with van der Waals surface area (Å²) >= 11 is 0. The number of hydrogen-bond donors (Lipinski definition) is 1. The van der Waals surface area contributed by atoms with E-state index in [-0.39, 0.29) is 17.7 Å². The van der Waals surface area contributed by atoms with Gasteiger partial charge in [0.1, 0.15) is 23.3 Å². The summed E-state index contributed by atoms with van der Waals surface area (Å²) in [5.74, 6) is 1.16. The van der Waals surface area contributed by atoms with Crippen LogP contribution in [0.5, 0.6) is 5.75 Å². The second-order valence-electron chi connectivity index (χ2n) is 5.88. The van der Waals surface area contributed by atoms with Gasteiger partial charge < -0.3 is 19.3 Å². The predicted octanol–water partition coefficient (Wildman–Crippen LogP) is 3.32. The topological polar surface area (TPSA) is 110 Å². The third-order valence-electron chi connectivity index (χ3n) is 4.11. The van der Waals surface area contributed by atoms with Crippen molar-refractivity contribution in [1.29, 1.82) is 5.26 Å². The van der Waals surface area contributed by atoms with Crippen molar-refractivity contribution in [3.63, 3.8) is 0 Å². The first-order valence-corrected chi connectivity index (χ1v) is 8.39. The maximum Gasteiger partial charge on any atom is 0.339 e. The Bertz CT molecular complexity index is 1040. The van der Waals surface area contributed by atoms with Crippen molar-refractivity contribution in [2.24, 2.45) is 0 Å². The van der Waals surface area contributed by atoms with Gasteiger partial charge in [-0.2, -0.15) is 5.26 Å². The van der Waals surface area contributed by atoms with Gasteiger partial charge in [-0.15, -0.1) is 0 Å². The Morgan fingerprint density at radius 1 is 1.25 bits per heavy atom. The largest absolute Gasteiger partial charge is 0.497 e. The summed E-state index contributed by atoms with van der Waals surface area (Å²) in [6, 6.07) is 12.8. The molecule has 0 aliphatic heterocycles. The number of aryl methyl sites for hydroxylation is 1. The SMILES string of the molecule is COC(=O)c1cc(C#N)c(NCc2cc(-c3ccc(OC)cc3)no2)nc1C. The number of carbonyl (C=O) groups is 1. The predicted molar refractivity (Wildman–Crippen MR) is 101 cm³/mol. The van der Waals surface area contributed by atoms with E-state index in [2.05, 4.69) is 15.5 Å². The van der Waals surface area contributed by atoms with Crippen LogP contribution in [0.3, 0.4) is 0 Å². The smallest absolute Gasteiger partial charge is 0.339 e. The summed E-state index contributed by atoms with van der Waals surface area (Å²) in [6.07, 6.45) is 0. The van der Waals surface area contributed by atoms with Crippen LogP contribution in [0.1, 0.15) is 27.4 Å². The lowest BCUT2D eigenvalue weighted by Gasteiger charge is -2.09. The van der Waals surface area contributed by atoms with E-state index in [0.29, 0.717) is 23.0 Å². The Hall–Kier alpha value is -3.86. The number of hydrogen-bond acceptors (Lipinski definition) is 8. The molecule has 0 aliphatic carbocycles. The van der Waals surface area contributed by atoms with Crippen LogP contribution in [-0.2, 0) is 11.3 Å². The second kappa shape index (κ2) is 8.22. The number of rotatable bonds is 6. The minimum atomic E-state index is -0.535. The minimum Gasteiger partial charge on any atom is -0.497 e. The van der Waals surface area contributed by atoms with E-state index in [1.165, 1.54) is 13.2 Å². The monoisotopic (exact) mass is 378 g/mol. The maximum atomic E-state index is 11.7. The molecule has 0 spiro atoms. The van der Waals surface area contributed by atoms with E-state index < -0.39 is 5.97 Å². The molecule has 28 heavy (non-hydrogen) atoms. The fourth-order valence-corrected chi connectivity index (χ4v) is 2.61. The number of carbonyl (C=O) groups excluding carboxylic acids is 1. The molecule has 0 unspecified atom stereocenters. The number of nitrogens with one attached hydrogen (secondary N) is 1. The van der Waals surface area contributed by atoms with Gasteiger partial charge in [0, 0.05) is 11.6 Å². The maximum absolute atomic E-state index is 11.7. The van der Waals surface area contributed by atoms with E-state index >= 15 is 0 Å². The Balaban J connectivity index is 1.75. The van der Waals surface area contributed by atoms with Crippen molar-refractivity contribution < 1.29 is 18.8 Å². The molecule has 0 saturated carbocycles. The number of nitriles is 1. The molecule has 8 nitrogen and oxygen atoms in total. The fourth-order valence-electron chi connectivity index (χ4n) is 2.61. The summed E-state index contributed by atoms with van der Waals surface area (Å²) in [5.41, 5.74) is 2.53. The first-order chi connectivity index (χ1) is 13.5. The summed E-state index contributed by atoms with van der Waals surface area (Å²) in [7, 11) is 2.89. The molecule has 0 fully saturated rings. The zero-order valence-corrected chi connectivity index (χ0v) is 15.6. The molecule has 8 heteroatoms. The van der Waals surface area contributed by atoms with Crippen LogP contribution in [0.4, 0.5) is 5.82 Å². The van der Waals surface area contributed by atoms with E-state index in [1.54, 1.807) is 20.1 Å². The standard InChI is InChI=1S/C20H18N4O4/c1-12-17(20(25)27-3)8-14(10-21)19(23-12)22-11-16-9-18(24-28-16)13-4-6-15(26-2)7-5-13/h4-9H,11H2,1-3H3,(H,22,23). The van der Waals surface area contributed by atoms with Crippen molar-refractivity contribution in [2.45, 2.75) is 13.5 Å². The number of pyridine rings is 1. The molecule has 2 heterocycles. The molecule has 0 aliphatic rings. The Kier molecular flexibility index (Phi) is 5.56. The van der Waals surface area contributed by atoms with Crippen molar-refractivity contribution in [3.8, 4) is 23.1 Å². The number of benzene rings is 1. The zero-order valence-electron chi connectivity index (χ0n) is 15.6. The highest BCUT2D eigenvalue weighted by atomic mass is 16.5. The van der Waals surface area contributed by atoms with Gasteiger partial charge in [0.15, 0.2) is 5.76 Å². The number of aromatic nitrogens is 2. The van der Waals surface area contributed by atoms with E-state index in [0.717, 1.165) is 11.3 Å². The highest BCUT2D eigenvalue weighted by Gasteiger charge is 2.16. The van der Waals surface area contributed by atoms with E-state index in [9.17, 15) is 10.1 Å². The van der Waals surface area contributed by atoms with Gasteiger partial charge in [0.25, 0.3) is 0 Å². The zero-order chi connectivity index (χ0) is 20.1. The Morgan fingerprint density at radius 2 is 2.00 bits per heavy atom. The molecule has 2 aromatic heterocycles. The molecule has 3 rings (SSSR count). The molecule has 0 amide bonds. The van der Waals surface area contributed by atoms with Crippen LogP contribution in [0.2, 0.25) is 0 Å². The summed E-state index contributed by atoms with van der Waals surface area (Å²) in [4.78, 5) is 16.0. The van der Waals surface area contributed by atoms with Crippen LogP contribution in [0.15, 0.2) is 40.9 Å². The molecule has 0 radical (unpaired) electrons. The van der Waals surface area contributed by atoms with Gasteiger partial charge in [-0.3, -0.25) is 0 Å². The third kappa shape index (κ3) is 3.94. The fraction of sp³-hybridized carbons (Fsp3) is 0.200. The number of anilines is 1. The average Bonchev–Trinajstić information content (AvgIpc) is 3.20. The Labute approximate surface area is 161 Å². The molecule has 3 aromatic rings. The highest BCUT2D eigenvalue weighted by Crippen LogP contribution is 2.23. The van der Waals surface area contributed by atoms with Crippen molar-refractivity contribution in [1.82, 2.24) is 10.1 Å². The molecule has 0 bridgehead atoms. The number of ether oxygens (including phenoxy) is 2. The molecule has 142 valence electrons. The first-order valence-electron chi connectivity index (χ1n) is 8.39. The van der Waals surface area contributed by atoms with Crippen LogP contribution in [0, 0.1) is 18.3 Å². The van der Waals surface area contributed by atoms with Gasteiger partial charge in [-0.25, -0.2) is 9.78 Å². The van der Waals surface area contributed by atoms with Crippen molar-refractivity contribution in [2.75, 3.05) is 19.5 Å². The van der Waals surface area contributed by atoms with Gasteiger partial charge in [-0.05, 0) is 37.3 Å². The lowest BCUT2D eigenvalue weighted by molar-refractivity contribution is 0.0599. The molecule has 0 saturated heterocycles. The molecular weight excluding hydrogens is 360 g/mol. The lowest BCUT2D eigenvalue weighted by Crippen LogP contribution is -2.10. The first kappa shape index (κ1) is 18.9. The van der Waals surface area contributed by atoms with Crippen LogP contribution in [-0.4, -0.2) is 30.3 Å². The second-order valence-corrected chi connectivity index (χ2v) is 5.88. The quantitative estimate of drug-likeness (QED) is 0.650. The summed E-state index contributed by atoms with van der Waals surface area (Å²) in [5, 5.41) is 16.5. The van der Waals surface area contributed by atoms with Gasteiger partial charge in [0.2, 0.25) is 0 Å². The highest BCUT2D eigenvalue weighted by molar-refractivity contribution is 5.91. The molecule has 0 atom stereocenters. The normalized spacial score (nSPS) is 10.2. The summed E-state index contributed by atoms with van der Waals surface area (Å²) in [6.45, 7) is 1.96. The van der Waals surface area contributed by atoms with Crippen LogP contribution in [0.25, 0.3) is 11.3 Å². The minimum absolute atomic E-state index is 0.237. The van der Waals surface area contributed by atoms with E-state index in [1.807, 2.05) is 30.3 Å². The number of nitrogens with zero attached hydrogens (tertiary/aromatic N) is 3. The number of esters is 1. The van der Waals surface area contributed by atoms with Crippen molar-refractivity contribution in [3.05, 3.63) is 59.0 Å². The average molecular weight is 378 g/mol. The van der Waals surface area contributed by atoms with Crippen molar-refractivity contribution >= 4 is 11.8 Å². The van der Waals surface area contributed by atoms with Gasteiger partial charge in [0.05, 0.1) is 37.6 Å². The molecule has 1 N–H and O–H groups in total. The van der Waals surface area contributed by atoms with Crippen LogP contribution < -0.4 is 10.1 Å². The summed E-state index contributed by atoms with van der Waals surface area (Å²) < 4.78 is 15.2. The van der Waals surface area contributed by atoms with Gasteiger partial charge >= 0.3 is 5.97 Å². The lowest BCUT2D eigenvalue weighted by atomic mass is 10.1. The van der Waals surface area contributed by atoms with E-state index in [4.69, 9.17) is 14.0 Å². The number of methoxy groups -OCH3 is 2. The van der Waals surface area contributed by atoms with Gasteiger partial charge in [-0.1, -0.05) is 5.16 Å². The molecular formula is C20H18N4O4. The Morgan fingerprint density at radius 3 is 2.64 bits per heavy atom.